The Morgan fingerprint density at radius 3 is 2.46 bits per heavy atom. The Morgan fingerprint density at radius 2 is 1.75 bits per heavy atom. The summed E-state index contributed by atoms with van der Waals surface area (Å²) in [5.74, 6) is 0.226. The molecule has 1 aromatic heterocycles. The Kier molecular flexibility index (Phi) is 4.01. The molecular weight excluding hydrogens is 345 g/mol. The van der Waals surface area contributed by atoms with Crippen LogP contribution in [0.3, 0.4) is 0 Å². The lowest BCUT2D eigenvalue weighted by Crippen LogP contribution is -2.41. The van der Waals surface area contributed by atoms with Gasteiger partial charge in [-0.3, -0.25) is 0 Å². The van der Waals surface area contributed by atoms with Crippen molar-refractivity contribution in [1.82, 2.24) is 4.57 Å². The van der Waals surface area contributed by atoms with Crippen LogP contribution in [0.25, 0.3) is 22.7 Å². The first-order valence-electron chi connectivity index (χ1n) is 10.4. The number of fused-ring (bicyclic) bond motifs is 3. The zero-order valence-corrected chi connectivity index (χ0v) is 17.2. The molecule has 144 valence electrons. The van der Waals surface area contributed by atoms with Crippen molar-refractivity contribution in [2.75, 3.05) is 0 Å². The maximum atomic E-state index is 6.35. The summed E-state index contributed by atoms with van der Waals surface area (Å²) in [7, 11) is -0.203. The molecule has 3 aliphatic rings. The van der Waals surface area contributed by atoms with Gasteiger partial charge in [0, 0.05) is 22.6 Å². The van der Waals surface area contributed by atoms with Gasteiger partial charge in [-0.25, -0.2) is 0 Å². The average Bonchev–Trinajstić information content (AvgIpc) is 3.12. The lowest BCUT2D eigenvalue weighted by atomic mass is 9.66. The van der Waals surface area contributed by atoms with E-state index >= 15 is 0 Å². The summed E-state index contributed by atoms with van der Waals surface area (Å²) < 4.78 is 15.1. The van der Waals surface area contributed by atoms with Crippen LogP contribution in [-0.2, 0) is 15.7 Å². The fourth-order valence-electron chi connectivity index (χ4n) is 4.53. The summed E-state index contributed by atoms with van der Waals surface area (Å²) in [6.45, 7) is 8.49. The van der Waals surface area contributed by atoms with Crippen LogP contribution in [0.1, 0.15) is 51.8 Å². The predicted molar refractivity (Wildman–Crippen MR) is 117 cm³/mol. The Bertz CT molecular complexity index is 1010. The molecule has 2 heterocycles. The Morgan fingerprint density at radius 1 is 1.00 bits per heavy atom. The Hall–Kier alpha value is -2.04. The molecule has 0 amide bonds. The molecule has 1 aliphatic heterocycles. The molecule has 1 atom stereocenters. The van der Waals surface area contributed by atoms with Gasteiger partial charge in [-0.2, -0.15) is 0 Å². The zero-order chi connectivity index (χ0) is 19.5. The topological polar surface area (TPSA) is 23.4 Å². The molecule has 3 nitrogen and oxygen atoms in total. The van der Waals surface area contributed by atoms with Crippen molar-refractivity contribution in [2.24, 2.45) is 0 Å². The molecule has 0 bridgehead atoms. The van der Waals surface area contributed by atoms with E-state index in [-0.39, 0.29) is 24.1 Å². The third-order valence-corrected chi connectivity index (χ3v) is 6.82. The minimum atomic E-state index is -0.294. The van der Waals surface area contributed by atoms with E-state index in [2.05, 4.69) is 86.9 Å². The molecule has 1 saturated heterocycles. The average molecular weight is 373 g/mol. The first-order valence-corrected chi connectivity index (χ1v) is 10.4. The Balaban J connectivity index is 1.56. The highest BCUT2D eigenvalue weighted by atomic mass is 16.7. The number of hydrogen-bond donors (Lipinski definition) is 0. The van der Waals surface area contributed by atoms with E-state index in [1.165, 1.54) is 27.9 Å². The number of aromatic nitrogens is 1. The summed E-state index contributed by atoms with van der Waals surface area (Å²) in [4.78, 5) is 0. The van der Waals surface area contributed by atoms with Crippen LogP contribution in [0.4, 0.5) is 0 Å². The van der Waals surface area contributed by atoms with Crippen molar-refractivity contribution in [2.45, 2.75) is 64.0 Å². The second-order valence-electron chi connectivity index (χ2n) is 9.18. The van der Waals surface area contributed by atoms with Crippen LogP contribution in [0.5, 0.6) is 0 Å². The minimum Gasteiger partial charge on any atom is -0.403 e. The van der Waals surface area contributed by atoms with Crippen LogP contribution in [0.2, 0.25) is 5.82 Å². The van der Waals surface area contributed by atoms with Crippen LogP contribution in [0.15, 0.2) is 48.6 Å². The van der Waals surface area contributed by atoms with Crippen LogP contribution in [-0.4, -0.2) is 22.9 Å². The fourth-order valence-corrected chi connectivity index (χ4v) is 4.53. The highest BCUT2D eigenvalue weighted by Crippen LogP contribution is 2.44. The van der Waals surface area contributed by atoms with Crippen molar-refractivity contribution in [3.05, 3.63) is 59.8 Å². The van der Waals surface area contributed by atoms with E-state index in [9.17, 15) is 0 Å². The lowest BCUT2D eigenvalue weighted by Gasteiger charge is -2.32. The van der Waals surface area contributed by atoms with Gasteiger partial charge in [0.1, 0.15) is 0 Å². The number of rotatable bonds is 2. The predicted octanol–water partition coefficient (Wildman–Crippen LogP) is 5.86. The number of allylic oxidation sites excluding steroid dienone is 5. The van der Waals surface area contributed by atoms with E-state index in [4.69, 9.17) is 9.31 Å². The van der Waals surface area contributed by atoms with Crippen molar-refractivity contribution < 1.29 is 9.31 Å². The minimum absolute atomic E-state index is 0.203. The largest absolute Gasteiger partial charge is 0.465 e. The molecule has 5 rings (SSSR count). The number of nitrogens with zero attached hydrogens (tertiary/aromatic N) is 1. The van der Waals surface area contributed by atoms with Gasteiger partial charge in [-0.1, -0.05) is 36.4 Å². The molecule has 2 aliphatic carbocycles. The van der Waals surface area contributed by atoms with Crippen molar-refractivity contribution in [3.63, 3.8) is 0 Å². The van der Waals surface area contributed by atoms with Gasteiger partial charge < -0.3 is 13.9 Å². The van der Waals surface area contributed by atoms with Gasteiger partial charge in [0.05, 0.1) is 16.7 Å². The summed E-state index contributed by atoms with van der Waals surface area (Å²) in [6.07, 6.45) is 14.6. The summed E-state index contributed by atoms with van der Waals surface area (Å²) >= 11 is 0. The van der Waals surface area contributed by atoms with E-state index in [0.717, 1.165) is 19.3 Å². The highest BCUT2D eigenvalue weighted by Gasteiger charge is 2.53. The Labute approximate surface area is 167 Å². The standard InChI is InChI=1S/C24H28BNO2/c1-23(2)24(3,4)28-25(27-23)17-14-15-22-20(16-17)19-12-8-9-13-21(19)26(22)18-10-6-5-7-11-18/h6,8-15,17H,5,7,16H2,1-4H3. The number of hydrogen-bond acceptors (Lipinski definition) is 2. The summed E-state index contributed by atoms with van der Waals surface area (Å²) in [5, 5.41) is 1.34. The molecule has 28 heavy (non-hydrogen) atoms. The van der Waals surface area contributed by atoms with E-state index in [0.29, 0.717) is 0 Å². The molecule has 1 fully saturated rings. The van der Waals surface area contributed by atoms with Crippen LogP contribution in [0, 0.1) is 0 Å². The van der Waals surface area contributed by atoms with Crippen molar-refractivity contribution >= 4 is 29.8 Å². The second-order valence-corrected chi connectivity index (χ2v) is 9.18. The maximum absolute atomic E-state index is 6.35. The first kappa shape index (κ1) is 18.0. The fraction of sp³-hybridized carbons (Fsp3) is 0.417. The molecule has 0 saturated carbocycles. The van der Waals surface area contributed by atoms with Crippen molar-refractivity contribution in [1.29, 1.82) is 0 Å². The second kappa shape index (κ2) is 6.23. The van der Waals surface area contributed by atoms with Crippen LogP contribution < -0.4 is 0 Å². The molecule has 0 N–H and O–H groups in total. The highest BCUT2D eigenvalue weighted by molar-refractivity contribution is 6.48. The smallest absolute Gasteiger partial charge is 0.403 e. The first-order chi connectivity index (χ1) is 13.4. The quantitative estimate of drug-likeness (QED) is 0.615. The monoisotopic (exact) mass is 373 g/mol. The zero-order valence-electron chi connectivity index (χ0n) is 17.2. The molecule has 2 aromatic rings. The molecule has 0 radical (unpaired) electrons. The molecule has 0 spiro atoms. The van der Waals surface area contributed by atoms with E-state index in [1.54, 1.807) is 0 Å². The summed E-state index contributed by atoms with van der Waals surface area (Å²) in [5.41, 5.74) is 4.67. The number of benzene rings is 1. The lowest BCUT2D eigenvalue weighted by molar-refractivity contribution is 0.00578. The molecule has 4 heteroatoms. The number of para-hydroxylation sites is 1. The summed E-state index contributed by atoms with van der Waals surface area (Å²) in [6, 6.07) is 8.75. The van der Waals surface area contributed by atoms with E-state index < -0.39 is 0 Å². The third-order valence-electron chi connectivity index (χ3n) is 6.82. The maximum Gasteiger partial charge on any atom is 0.465 e. The van der Waals surface area contributed by atoms with Gasteiger partial charge in [0.15, 0.2) is 0 Å². The van der Waals surface area contributed by atoms with Gasteiger partial charge >= 0.3 is 7.12 Å². The van der Waals surface area contributed by atoms with Gasteiger partial charge in [-0.15, -0.1) is 0 Å². The SMILES string of the molecule is CC1(C)OB(C2C=Cc3c(c4ccccc4n3C3=CCCC=C3)C2)OC1(C)C. The van der Waals surface area contributed by atoms with Gasteiger partial charge in [0.2, 0.25) is 0 Å². The molecule has 1 unspecified atom stereocenters. The normalized spacial score (nSPS) is 25.2. The van der Waals surface area contributed by atoms with Gasteiger partial charge in [0.25, 0.3) is 0 Å². The molecule has 1 aromatic carbocycles. The molecular formula is C24H28BNO2. The van der Waals surface area contributed by atoms with E-state index in [1.807, 2.05) is 0 Å². The third kappa shape index (κ3) is 2.66. The van der Waals surface area contributed by atoms with Gasteiger partial charge in [-0.05, 0) is 70.7 Å². The van der Waals surface area contributed by atoms with Crippen molar-refractivity contribution in [3.8, 4) is 0 Å². The van der Waals surface area contributed by atoms with Crippen LogP contribution >= 0.6 is 0 Å².